The minimum Gasteiger partial charge on any atom is -0.497 e. The monoisotopic (exact) mass is 346 g/mol. The van der Waals surface area contributed by atoms with E-state index in [0.717, 1.165) is 11.3 Å². The van der Waals surface area contributed by atoms with Gasteiger partial charge in [-0.3, -0.25) is 4.79 Å². The van der Waals surface area contributed by atoms with E-state index in [4.69, 9.17) is 14.4 Å². The lowest BCUT2D eigenvalue weighted by Crippen LogP contribution is -2.33. The number of carbonyl (C=O) groups is 1. The molecular weight excluding hydrogens is 328 g/mol. The van der Waals surface area contributed by atoms with Gasteiger partial charge in [0.2, 0.25) is 11.8 Å². The van der Waals surface area contributed by atoms with E-state index in [1.807, 2.05) is 30.3 Å². The predicted molar refractivity (Wildman–Crippen MR) is 89.5 cm³/mol. The van der Waals surface area contributed by atoms with Gasteiger partial charge < -0.3 is 14.1 Å². The molecule has 0 saturated carbocycles. The minimum atomic E-state index is -0.377. The van der Waals surface area contributed by atoms with Crippen LogP contribution < -0.4 is 4.74 Å². The Bertz CT molecular complexity index is 724. The standard InChI is InChI=1S/C16H18N4O3S/c1-11(15(21)20(2)10-4-9-17)24-16-19-18-14(23-16)12-5-7-13(22-3)8-6-12/h5-8,11H,4,10H2,1-3H3/t11-/m1/s1. The molecule has 0 N–H and O–H groups in total. The molecule has 2 rings (SSSR count). The number of aromatic nitrogens is 2. The van der Waals surface area contributed by atoms with Crippen LogP contribution in [0.4, 0.5) is 0 Å². The zero-order valence-electron chi connectivity index (χ0n) is 13.7. The summed E-state index contributed by atoms with van der Waals surface area (Å²) in [4.78, 5) is 13.7. The Morgan fingerprint density at radius 1 is 1.42 bits per heavy atom. The third-order valence-corrected chi connectivity index (χ3v) is 4.23. The smallest absolute Gasteiger partial charge is 0.277 e. The Hall–Kier alpha value is -2.53. The third-order valence-electron chi connectivity index (χ3n) is 3.30. The molecule has 1 amide bonds. The first-order valence-corrected chi connectivity index (χ1v) is 8.19. The molecule has 126 valence electrons. The molecule has 1 aromatic carbocycles. The van der Waals surface area contributed by atoms with E-state index in [9.17, 15) is 4.79 Å². The molecule has 1 aromatic heterocycles. The molecule has 0 bridgehead atoms. The molecule has 0 aliphatic rings. The molecule has 24 heavy (non-hydrogen) atoms. The number of hydrogen-bond acceptors (Lipinski definition) is 7. The minimum absolute atomic E-state index is 0.0838. The first-order valence-electron chi connectivity index (χ1n) is 7.31. The van der Waals surface area contributed by atoms with Crippen molar-refractivity contribution >= 4 is 17.7 Å². The van der Waals surface area contributed by atoms with Crippen molar-refractivity contribution in [2.24, 2.45) is 0 Å². The first kappa shape index (κ1) is 17.8. The zero-order chi connectivity index (χ0) is 17.5. The number of rotatable bonds is 7. The molecule has 2 aromatic rings. The Balaban J connectivity index is 2.00. The Morgan fingerprint density at radius 2 is 2.12 bits per heavy atom. The van der Waals surface area contributed by atoms with Crippen LogP contribution in [0.15, 0.2) is 33.9 Å². The first-order chi connectivity index (χ1) is 11.5. The van der Waals surface area contributed by atoms with Crippen LogP contribution in [0.25, 0.3) is 11.5 Å². The fourth-order valence-electron chi connectivity index (χ4n) is 1.95. The van der Waals surface area contributed by atoms with E-state index >= 15 is 0 Å². The number of thioether (sulfide) groups is 1. The largest absolute Gasteiger partial charge is 0.497 e. The number of nitriles is 1. The normalized spacial score (nSPS) is 11.6. The van der Waals surface area contributed by atoms with Gasteiger partial charge in [-0.15, -0.1) is 10.2 Å². The van der Waals surface area contributed by atoms with Gasteiger partial charge in [-0.2, -0.15) is 5.26 Å². The molecule has 8 heteroatoms. The van der Waals surface area contributed by atoms with Crippen molar-refractivity contribution in [3.05, 3.63) is 24.3 Å². The van der Waals surface area contributed by atoms with E-state index < -0.39 is 0 Å². The number of hydrogen-bond donors (Lipinski definition) is 0. The molecule has 0 unspecified atom stereocenters. The van der Waals surface area contributed by atoms with Crippen LogP contribution in [0, 0.1) is 11.3 Å². The second-order valence-corrected chi connectivity index (χ2v) is 6.32. The molecule has 0 spiro atoms. The highest BCUT2D eigenvalue weighted by molar-refractivity contribution is 8.00. The summed E-state index contributed by atoms with van der Waals surface area (Å²) >= 11 is 1.20. The van der Waals surface area contributed by atoms with E-state index in [-0.39, 0.29) is 11.2 Å². The van der Waals surface area contributed by atoms with Crippen LogP contribution in [0.1, 0.15) is 13.3 Å². The van der Waals surface area contributed by atoms with E-state index in [2.05, 4.69) is 10.2 Å². The van der Waals surface area contributed by atoms with Gasteiger partial charge in [0.1, 0.15) is 5.75 Å². The topological polar surface area (TPSA) is 92.3 Å². The number of carbonyl (C=O) groups excluding carboxylic acids is 1. The van der Waals surface area contributed by atoms with Gasteiger partial charge in [0.25, 0.3) is 5.22 Å². The molecule has 0 aliphatic carbocycles. The highest BCUT2D eigenvalue weighted by Crippen LogP contribution is 2.27. The summed E-state index contributed by atoms with van der Waals surface area (Å²) in [5, 5.41) is 16.5. The average molecular weight is 346 g/mol. The average Bonchev–Trinajstić information content (AvgIpc) is 3.07. The van der Waals surface area contributed by atoms with Crippen molar-refractivity contribution in [3.63, 3.8) is 0 Å². The van der Waals surface area contributed by atoms with Crippen molar-refractivity contribution in [1.29, 1.82) is 5.26 Å². The van der Waals surface area contributed by atoms with Crippen molar-refractivity contribution < 1.29 is 13.9 Å². The fourth-order valence-corrected chi connectivity index (χ4v) is 2.75. The maximum atomic E-state index is 12.2. The van der Waals surface area contributed by atoms with Crippen LogP contribution in [-0.2, 0) is 4.79 Å². The van der Waals surface area contributed by atoms with E-state index in [0.29, 0.717) is 24.1 Å². The van der Waals surface area contributed by atoms with Gasteiger partial charge >= 0.3 is 0 Å². The van der Waals surface area contributed by atoms with Gasteiger partial charge in [0.05, 0.1) is 24.8 Å². The molecule has 1 heterocycles. The third kappa shape index (κ3) is 4.49. The summed E-state index contributed by atoms with van der Waals surface area (Å²) in [5.74, 6) is 1.05. The summed E-state index contributed by atoms with van der Waals surface area (Å²) in [6.45, 7) is 2.17. The number of amides is 1. The molecule has 1 atom stereocenters. The summed E-state index contributed by atoms with van der Waals surface area (Å²) in [6.07, 6.45) is 0.307. The summed E-state index contributed by atoms with van der Waals surface area (Å²) in [6, 6.07) is 9.29. The van der Waals surface area contributed by atoms with Crippen LogP contribution in [0.3, 0.4) is 0 Å². The van der Waals surface area contributed by atoms with Crippen molar-refractivity contribution in [3.8, 4) is 23.3 Å². The van der Waals surface area contributed by atoms with Crippen molar-refractivity contribution in [1.82, 2.24) is 15.1 Å². The second kappa shape index (κ2) is 8.36. The number of methoxy groups -OCH3 is 1. The predicted octanol–water partition coefficient (Wildman–Crippen LogP) is 2.60. The van der Waals surface area contributed by atoms with Gasteiger partial charge in [0, 0.05) is 19.2 Å². The van der Waals surface area contributed by atoms with Gasteiger partial charge in [-0.05, 0) is 31.2 Å². The molecule has 0 saturated heterocycles. The Kier molecular flexibility index (Phi) is 6.21. The van der Waals surface area contributed by atoms with Crippen LogP contribution in [0.5, 0.6) is 5.75 Å². The molecular formula is C16H18N4O3S. The second-order valence-electron chi connectivity index (χ2n) is 5.03. The quantitative estimate of drug-likeness (QED) is 0.711. The Labute approximate surface area is 144 Å². The zero-order valence-corrected chi connectivity index (χ0v) is 14.5. The van der Waals surface area contributed by atoms with E-state index in [1.54, 1.807) is 21.1 Å². The lowest BCUT2D eigenvalue weighted by Gasteiger charge is -2.18. The summed E-state index contributed by atoms with van der Waals surface area (Å²) in [7, 11) is 3.27. The van der Waals surface area contributed by atoms with Crippen LogP contribution in [0.2, 0.25) is 0 Å². The number of benzene rings is 1. The summed E-state index contributed by atoms with van der Waals surface area (Å²) < 4.78 is 10.7. The maximum absolute atomic E-state index is 12.2. The molecule has 0 aliphatic heterocycles. The lowest BCUT2D eigenvalue weighted by atomic mass is 10.2. The Morgan fingerprint density at radius 3 is 2.75 bits per heavy atom. The highest BCUT2D eigenvalue weighted by Gasteiger charge is 2.21. The van der Waals surface area contributed by atoms with Gasteiger partial charge in [0.15, 0.2) is 0 Å². The van der Waals surface area contributed by atoms with Crippen LogP contribution >= 0.6 is 11.8 Å². The molecule has 7 nitrogen and oxygen atoms in total. The molecule has 0 radical (unpaired) electrons. The molecule has 0 fully saturated rings. The number of ether oxygens (including phenoxy) is 1. The highest BCUT2D eigenvalue weighted by atomic mass is 32.2. The summed E-state index contributed by atoms with van der Waals surface area (Å²) in [5.41, 5.74) is 0.778. The SMILES string of the molecule is COc1ccc(-c2nnc(S[C@H](C)C(=O)N(C)CCC#N)o2)cc1. The van der Waals surface area contributed by atoms with Gasteiger partial charge in [-0.25, -0.2) is 0 Å². The van der Waals surface area contributed by atoms with Gasteiger partial charge in [-0.1, -0.05) is 11.8 Å². The van der Waals surface area contributed by atoms with Crippen molar-refractivity contribution in [2.45, 2.75) is 23.8 Å². The van der Waals surface area contributed by atoms with Crippen LogP contribution in [-0.4, -0.2) is 47.0 Å². The van der Waals surface area contributed by atoms with Crippen molar-refractivity contribution in [2.75, 3.05) is 20.7 Å². The fraction of sp³-hybridized carbons (Fsp3) is 0.375. The maximum Gasteiger partial charge on any atom is 0.277 e. The lowest BCUT2D eigenvalue weighted by molar-refractivity contribution is -0.128. The number of nitrogens with zero attached hydrogens (tertiary/aromatic N) is 4. The van der Waals surface area contributed by atoms with E-state index in [1.165, 1.54) is 16.7 Å².